The molecule has 0 unspecified atom stereocenters. The van der Waals surface area contributed by atoms with Crippen LogP contribution in [0.2, 0.25) is 0 Å². The third-order valence-electron chi connectivity index (χ3n) is 5.22. The molecule has 3 aromatic carbocycles. The van der Waals surface area contributed by atoms with Gasteiger partial charge < -0.3 is 14.0 Å². The third-order valence-corrected chi connectivity index (χ3v) is 5.22. The number of hydrogen-bond donors (Lipinski definition) is 0. The Kier molecular flexibility index (Phi) is 6.80. The summed E-state index contributed by atoms with van der Waals surface area (Å²) in [5.41, 5.74) is 0.831. The van der Waals surface area contributed by atoms with Crippen LogP contribution in [0.15, 0.2) is 88.4 Å². The maximum absolute atomic E-state index is 12.8. The summed E-state index contributed by atoms with van der Waals surface area (Å²) in [5.74, 6) is 1.21. The van der Waals surface area contributed by atoms with Gasteiger partial charge in [-0.2, -0.15) is 13.2 Å². The predicted octanol–water partition coefficient (Wildman–Crippen LogP) is 5.04. The van der Waals surface area contributed by atoms with Crippen LogP contribution < -0.4 is 4.74 Å². The van der Waals surface area contributed by atoms with E-state index in [4.69, 9.17) is 14.0 Å². The fraction of sp³-hybridized carbons (Fsp3) is 0.120. The second-order valence-corrected chi connectivity index (χ2v) is 7.83. The summed E-state index contributed by atoms with van der Waals surface area (Å²) in [7, 11) is 1.68. The van der Waals surface area contributed by atoms with Crippen molar-refractivity contribution in [1.29, 1.82) is 0 Å². The van der Waals surface area contributed by atoms with E-state index in [1.54, 1.807) is 31.3 Å². The van der Waals surface area contributed by atoms with Gasteiger partial charge in [0.05, 0.1) is 11.1 Å². The number of tetrazole rings is 1. The topological polar surface area (TPSA) is 113 Å². The Balaban J connectivity index is 1.32. The molecule has 0 bridgehead atoms. The van der Waals surface area contributed by atoms with Crippen LogP contribution in [0.3, 0.4) is 0 Å². The van der Waals surface area contributed by atoms with Crippen molar-refractivity contribution in [3.8, 4) is 23.0 Å². The van der Waals surface area contributed by atoms with Crippen LogP contribution in [0.5, 0.6) is 11.5 Å². The molecule has 0 aliphatic carbocycles. The summed E-state index contributed by atoms with van der Waals surface area (Å²) >= 11 is 0. The summed E-state index contributed by atoms with van der Waals surface area (Å²) in [6.07, 6.45) is -4.43. The molecule has 0 saturated heterocycles. The van der Waals surface area contributed by atoms with E-state index in [-0.39, 0.29) is 24.1 Å². The first-order valence-corrected chi connectivity index (χ1v) is 11.1. The zero-order chi connectivity index (χ0) is 26.5. The molecular formula is C25H18F3N7O3. The Labute approximate surface area is 213 Å². The Morgan fingerprint density at radius 3 is 2.37 bits per heavy atom. The van der Waals surface area contributed by atoms with Crippen LogP contribution >= 0.6 is 0 Å². The molecule has 0 spiro atoms. The SMILES string of the molecule is Cn1nnnc1/C(=N\OCc1nnc(-c2ccccc2Oc2ccc(C(F)(F)F)cc2)o1)c1ccccc1. The Hall–Kier alpha value is -5.07. The monoisotopic (exact) mass is 521 g/mol. The fourth-order valence-electron chi connectivity index (χ4n) is 3.39. The number of benzene rings is 3. The molecule has 5 rings (SSSR count). The van der Waals surface area contributed by atoms with Gasteiger partial charge in [0.15, 0.2) is 12.3 Å². The first-order valence-electron chi connectivity index (χ1n) is 11.1. The largest absolute Gasteiger partial charge is 0.457 e. The van der Waals surface area contributed by atoms with Gasteiger partial charge in [0.1, 0.15) is 11.5 Å². The highest BCUT2D eigenvalue weighted by Gasteiger charge is 2.30. The van der Waals surface area contributed by atoms with Crippen LogP contribution in [0, 0.1) is 0 Å². The number of ether oxygens (including phenoxy) is 1. The van der Waals surface area contributed by atoms with Crippen molar-refractivity contribution in [1.82, 2.24) is 30.4 Å². The molecule has 0 aliphatic rings. The van der Waals surface area contributed by atoms with E-state index >= 15 is 0 Å². The fourth-order valence-corrected chi connectivity index (χ4v) is 3.39. The lowest BCUT2D eigenvalue weighted by Crippen LogP contribution is -2.12. The third kappa shape index (κ3) is 5.51. The van der Waals surface area contributed by atoms with Gasteiger partial charge in [-0.3, -0.25) is 0 Å². The number of alkyl halides is 3. The van der Waals surface area contributed by atoms with Gasteiger partial charge in [0.2, 0.25) is 5.82 Å². The quantitative estimate of drug-likeness (QED) is 0.206. The van der Waals surface area contributed by atoms with Crippen LogP contribution in [0.4, 0.5) is 13.2 Å². The molecule has 0 fully saturated rings. The van der Waals surface area contributed by atoms with Gasteiger partial charge in [0.25, 0.3) is 11.8 Å². The average molecular weight is 521 g/mol. The lowest BCUT2D eigenvalue weighted by Gasteiger charge is -2.10. The van der Waals surface area contributed by atoms with Crippen LogP contribution in [-0.2, 0) is 24.7 Å². The highest BCUT2D eigenvalue weighted by Crippen LogP contribution is 2.34. The number of nitrogens with zero attached hydrogens (tertiary/aromatic N) is 7. The molecule has 0 atom stereocenters. The van der Waals surface area contributed by atoms with Crippen molar-refractivity contribution >= 4 is 5.71 Å². The molecule has 192 valence electrons. The predicted molar refractivity (Wildman–Crippen MR) is 127 cm³/mol. The lowest BCUT2D eigenvalue weighted by atomic mass is 10.1. The Morgan fingerprint density at radius 2 is 1.66 bits per heavy atom. The van der Waals surface area contributed by atoms with Crippen molar-refractivity contribution in [3.05, 3.63) is 102 Å². The van der Waals surface area contributed by atoms with Crippen LogP contribution in [-0.4, -0.2) is 36.1 Å². The molecule has 2 aromatic heterocycles. The zero-order valence-corrected chi connectivity index (χ0v) is 19.7. The minimum atomic E-state index is -4.43. The van der Waals surface area contributed by atoms with E-state index in [2.05, 4.69) is 30.9 Å². The minimum absolute atomic E-state index is 0.135. The molecule has 0 saturated carbocycles. The number of rotatable bonds is 8. The van der Waals surface area contributed by atoms with E-state index in [9.17, 15) is 13.2 Å². The summed E-state index contributed by atoms with van der Waals surface area (Å²) in [6.45, 7) is -0.142. The molecule has 38 heavy (non-hydrogen) atoms. The molecule has 10 nitrogen and oxygen atoms in total. The van der Waals surface area contributed by atoms with Crippen molar-refractivity contribution in [2.75, 3.05) is 0 Å². The molecule has 0 amide bonds. The van der Waals surface area contributed by atoms with Gasteiger partial charge in [0, 0.05) is 12.6 Å². The van der Waals surface area contributed by atoms with Crippen LogP contribution in [0.1, 0.15) is 22.8 Å². The van der Waals surface area contributed by atoms with E-state index < -0.39 is 11.7 Å². The van der Waals surface area contributed by atoms with Gasteiger partial charge in [-0.1, -0.05) is 47.6 Å². The highest BCUT2D eigenvalue weighted by molar-refractivity contribution is 6.10. The van der Waals surface area contributed by atoms with Gasteiger partial charge in [-0.05, 0) is 46.8 Å². The smallest absolute Gasteiger partial charge is 0.416 e. The average Bonchev–Trinajstić information content (AvgIpc) is 3.56. The number of aryl methyl sites for hydroxylation is 1. The van der Waals surface area contributed by atoms with Crippen molar-refractivity contribution < 1.29 is 27.2 Å². The molecular weight excluding hydrogens is 503 g/mol. The van der Waals surface area contributed by atoms with Gasteiger partial charge >= 0.3 is 6.18 Å². The highest BCUT2D eigenvalue weighted by atomic mass is 19.4. The summed E-state index contributed by atoms with van der Waals surface area (Å²) in [4.78, 5) is 5.49. The Morgan fingerprint density at radius 1 is 0.921 bits per heavy atom. The van der Waals surface area contributed by atoms with E-state index in [0.717, 1.165) is 17.7 Å². The van der Waals surface area contributed by atoms with E-state index in [1.807, 2.05) is 30.3 Å². The number of aromatic nitrogens is 6. The minimum Gasteiger partial charge on any atom is -0.457 e. The summed E-state index contributed by atoms with van der Waals surface area (Å²) < 4.78 is 51.5. The van der Waals surface area contributed by atoms with E-state index in [0.29, 0.717) is 22.8 Å². The van der Waals surface area contributed by atoms with Gasteiger partial charge in [-0.25, -0.2) is 4.68 Å². The molecule has 13 heteroatoms. The first kappa shape index (κ1) is 24.6. The van der Waals surface area contributed by atoms with Crippen molar-refractivity contribution in [2.24, 2.45) is 12.2 Å². The molecule has 2 heterocycles. The lowest BCUT2D eigenvalue weighted by molar-refractivity contribution is -0.137. The molecule has 0 radical (unpaired) electrons. The number of halogens is 3. The Bertz CT molecular complexity index is 1550. The molecule has 0 N–H and O–H groups in total. The maximum atomic E-state index is 12.8. The normalized spacial score (nSPS) is 11.9. The zero-order valence-electron chi connectivity index (χ0n) is 19.7. The van der Waals surface area contributed by atoms with Crippen molar-refractivity contribution in [3.63, 3.8) is 0 Å². The van der Waals surface area contributed by atoms with E-state index in [1.165, 1.54) is 16.8 Å². The molecule has 0 aliphatic heterocycles. The number of hydrogen-bond acceptors (Lipinski definition) is 9. The first-order chi connectivity index (χ1) is 18.4. The number of para-hydroxylation sites is 1. The summed E-state index contributed by atoms with van der Waals surface area (Å²) in [6, 6.07) is 20.4. The summed E-state index contributed by atoms with van der Waals surface area (Å²) in [5, 5.41) is 23.7. The van der Waals surface area contributed by atoms with Gasteiger partial charge in [-0.15, -0.1) is 15.3 Å². The second-order valence-electron chi connectivity index (χ2n) is 7.83. The van der Waals surface area contributed by atoms with Crippen LogP contribution in [0.25, 0.3) is 11.5 Å². The standard InChI is InChI=1S/C25H18F3N7O3/c1-35-23(30-33-34-35)22(16-7-3-2-4-8-16)32-36-15-21-29-31-24(38-21)19-9-5-6-10-20(19)37-18-13-11-17(12-14-18)25(26,27)28/h2-14H,15H2,1H3/b32-22-. The number of oxime groups is 1. The van der Waals surface area contributed by atoms with Crippen molar-refractivity contribution in [2.45, 2.75) is 12.8 Å². The maximum Gasteiger partial charge on any atom is 0.416 e. The second kappa shape index (κ2) is 10.5. The molecule has 5 aromatic rings.